The molecule has 0 amide bonds. The van der Waals surface area contributed by atoms with Crippen molar-refractivity contribution in [1.82, 2.24) is 4.31 Å². The van der Waals surface area contributed by atoms with E-state index in [4.69, 9.17) is 11.6 Å². The molecule has 0 N–H and O–H groups in total. The predicted molar refractivity (Wildman–Crippen MR) is 104 cm³/mol. The lowest BCUT2D eigenvalue weighted by Crippen LogP contribution is -2.34. The molecule has 0 aliphatic heterocycles. The first-order valence-electron chi connectivity index (χ1n) is 7.99. The third-order valence-corrected chi connectivity index (χ3v) is 7.58. The van der Waals surface area contributed by atoms with Crippen molar-refractivity contribution in [2.45, 2.75) is 29.7 Å². The van der Waals surface area contributed by atoms with Crippen molar-refractivity contribution in [3.63, 3.8) is 0 Å². The van der Waals surface area contributed by atoms with Crippen molar-refractivity contribution in [3.05, 3.63) is 59.1 Å². The number of sulfonamides is 1. The molecule has 0 fully saturated rings. The summed E-state index contributed by atoms with van der Waals surface area (Å²) in [4.78, 5) is -0.305. The van der Waals surface area contributed by atoms with Crippen LogP contribution < -0.4 is 0 Å². The topological polar surface area (TPSA) is 71.5 Å². The van der Waals surface area contributed by atoms with E-state index in [0.29, 0.717) is 0 Å². The highest BCUT2D eigenvalue weighted by molar-refractivity contribution is 7.91. The lowest BCUT2D eigenvalue weighted by molar-refractivity contribution is 0.300. The van der Waals surface area contributed by atoms with Gasteiger partial charge in [-0.1, -0.05) is 55.8 Å². The van der Waals surface area contributed by atoms with Crippen LogP contribution in [0.4, 0.5) is 0 Å². The Bertz CT molecular complexity index is 987. The van der Waals surface area contributed by atoms with E-state index in [0.717, 1.165) is 17.9 Å². The van der Waals surface area contributed by atoms with Crippen LogP contribution >= 0.6 is 11.6 Å². The second-order valence-corrected chi connectivity index (χ2v) is 10.9. The zero-order valence-electron chi connectivity index (χ0n) is 15.0. The summed E-state index contributed by atoms with van der Waals surface area (Å²) in [6.45, 7) is 3.86. The molecule has 1 unspecified atom stereocenters. The Hall–Kier alpha value is -1.41. The molecule has 142 valence electrons. The van der Waals surface area contributed by atoms with Crippen molar-refractivity contribution >= 4 is 31.5 Å². The Labute approximate surface area is 160 Å². The van der Waals surface area contributed by atoms with Crippen LogP contribution in [0.2, 0.25) is 5.02 Å². The zero-order valence-corrected chi connectivity index (χ0v) is 17.4. The van der Waals surface area contributed by atoms with Gasteiger partial charge in [-0.3, -0.25) is 0 Å². The van der Waals surface area contributed by atoms with Gasteiger partial charge < -0.3 is 0 Å². The van der Waals surface area contributed by atoms with Gasteiger partial charge in [-0.15, -0.1) is 0 Å². The number of sulfone groups is 1. The van der Waals surface area contributed by atoms with Crippen molar-refractivity contribution in [3.8, 4) is 0 Å². The van der Waals surface area contributed by atoms with Gasteiger partial charge in [0.25, 0.3) is 0 Å². The van der Waals surface area contributed by atoms with Crippen molar-refractivity contribution in [1.29, 1.82) is 0 Å². The van der Waals surface area contributed by atoms with E-state index in [-0.39, 0.29) is 20.7 Å². The van der Waals surface area contributed by atoms with Crippen molar-refractivity contribution in [2.75, 3.05) is 13.3 Å². The van der Waals surface area contributed by atoms with Crippen molar-refractivity contribution < 1.29 is 16.8 Å². The molecule has 0 bridgehead atoms. The van der Waals surface area contributed by atoms with E-state index in [1.54, 1.807) is 0 Å². The molecule has 0 aromatic heterocycles. The summed E-state index contributed by atoms with van der Waals surface area (Å²) in [5.74, 6) is -0.00552. The molecule has 8 heteroatoms. The number of rotatable bonds is 6. The SMILES string of the molecule is CC(C)C(c1ccccc1)N(C)S(=O)(=O)c1cc(S(C)(=O)=O)ccc1Cl. The maximum absolute atomic E-state index is 13.2. The Balaban J connectivity index is 2.59. The Kier molecular flexibility index (Phi) is 6.17. The Morgan fingerprint density at radius 1 is 0.962 bits per heavy atom. The number of halogens is 1. The minimum atomic E-state index is -4.01. The summed E-state index contributed by atoms with van der Waals surface area (Å²) < 4.78 is 51.3. The maximum atomic E-state index is 13.2. The molecule has 0 saturated heterocycles. The summed E-state index contributed by atoms with van der Waals surface area (Å²) in [6.07, 6.45) is 1.03. The molecule has 26 heavy (non-hydrogen) atoms. The zero-order chi connectivity index (χ0) is 19.7. The monoisotopic (exact) mass is 415 g/mol. The van der Waals surface area contributed by atoms with Gasteiger partial charge in [0.15, 0.2) is 9.84 Å². The highest BCUT2D eigenvalue weighted by Gasteiger charge is 2.33. The highest BCUT2D eigenvalue weighted by atomic mass is 35.5. The van der Waals surface area contributed by atoms with Crippen LogP contribution in [0.5, 0.6) is 0 Å². The molecule has 0 aliphatic carbocycles. The van der Waals surface area contributed by atoms with Gasteiger partial charge in [0, 0.05) is 13.3 Å². The summed E-state index contributed by atoms with van der Waals surface area (Å²) in [5, 5.41) is -0.0141. The fourth-order valence-electron chi connectivity index (χ4n) is 2.88. The summed E-state index contributed by atoms with van der Waals surface area (Å²) >= 11 is 6.10. The van der Waals surface area contributed by atoms with Gasteiger partial charge >= 0.3 is 0 Å². The predicted octanol–water partition coefficient (Wildman–Crippen LogP) is 3.76. The third-order valence-electron chi connectivity index (χ3n) is 4.15. The molecule has 2 rings (SSSR count). The van der Waals surface area contributed by atoms with E-state index < -0.39 is 25.9 Å². The van der Waals surface area contributed by atoms with Crippen molar-refractivity contribution in [2.24, 2.45) is 5.92 Å². The lowest BCUT2D eigenvalue weighted by atomic mass is 9.96. The van der Waals surface area contributed by atoms with Crippen LogP contribution in [-0.4, -0.2) is 34.4 Å². The van der Waals surface area contributed by atoms with Crippen LogP contribution in [0.1, 0.15) is 25.5 Å². The number of hydrogen-bond acceptors (Lipinski definition) is 4. The summed E-state index contributed by atoms with van der Waals surface area (Å²) in [6, 6.07) is 12.6. The average Bonchev–Trinajstić information content (AvgIpc) is 2.54. The largest absolute Gasteiger partial charge is 0.244 e. The molecular formula is C18H22ClNO4S2. The third kappa shape index (κ3) is 4.28. The minimum Gasteiger partial charge on any atom is -0.224 e. The van der Waals surface area contributed by atoms with Crippen LogP contribution in [0, 0.1) is 5.92 Å². The maximum Gasteiger partial charge on any atom is 0.244 e. The molecular weight excluding hydrogens is 394 g/mol. The van der Waals surface area contributed by atoms with Crippen LogP contribution in [0.25, 0.3) is 0 Å². The van der Waals surface area contributed by atoms with E-state index in [1.165, 1.54) is 23.5 Å². The summed E-state index contributed by atoms with van der Waals surface area (Å²) in [7, 11) is -6.08. The molecule has 0 heterocycles. The molecule has 0 radical (unpaired) electrons. The average molecular weight is 416 g/mol. The molecule has 2 aromatic rings. The van der Waals surface area contributed by atoms with Gasteiger partial charge in [-0.2, -0.15) is 4.31 Å². The first-order chi connectivity index (χ1) is 12.0. The fraction of sp³-hybridized carbons (Fsp3) is 0.333. The van der Waals surface area contributed by atoms with E-state index in [1.807, 2.05) is 44.2 Å². The lowest BCUT2D eigenvalue weighted by Gasteiger charge is -2.31. The van der Waals surface area contributed by atoms with Gasteiger partial charge in [0.2, 0.25) is 10.0 Å². The molecule has 0 saturated carbocycles. The molecule has 5 nitrogen and oxygen atoms in total. The number of benzene rings is 2. The Morgan fingerprint density at radius 3 is 2.04 bits per heavy atom. The first kappa shape index (κ1) is 20.9. The highest BCUT2D eigenvalue weighted by Crippen LogP contribution is 2.34. The molecule has 0 aliphatic rings. The van der Waals surface area contributed by atoms with Crippen LogP contribution in [-0.2, 0) is 19.9 Å². The second kappa shape index (κ2) is 7.68. The molecule has 1 atom stereocenters. The smallest absolute Gasteiger partial charge is 0.224 e. The van der Waals surface area contributed by atoms with E-state index in [9.17, 15) is 16.8 Å². The van der Waals surface area contributed by atoms with Gasteiger partial charge in [-0.05, 0) is 29.7 Å². The van der Waals surface area contributed by atoms with Crippen LogP contribution in [0.15, 0.2) is 58.3 Å². The minimum absolute atomic E-state index is 0.00552. The Morgan fingerprint density at radius 2 is 1.54 bits per heavy atom. The van der Waals surface area contributed by atoms with Crippen LogP contribution in [0.3, 0.4) is 0 Å². The number of nitrogens with zero attached hydrogens (tertiary/aromatic N) is 1. The second-order valence-electron chi connectivity index (χ2n) is 6.49. The quantitative estimate of drug-likeness (QED) is 0.720. The van der Waals surface area contributed by atoms with Gasteiger partial charge in [0.05, 0.1) is 16.0 Å². The van der Waals surface area contributed by atoms with Gasteiger partial charge in [0.1, 0.15) is 4.90 Å². The van der Waals surface area contributed by atoms with E-state index >= 15 is 0 Å². The normalized spacial score (nSPS) is 14.0. The summed E-state index contributed by atoms with van der Waals surface area (Å²) in [5.41, 5.74) is 0.851. The fourth-order valence-corrected chi connectivity index (χ4v) is 5.58. The van der Waals surface area contributed by atoms with Gasteiger partial charge in [-0.25, -0.2) is 16.8 Å². The number of hydrogen-bond donors (Lipinski definition) is 0. The molecule has 0 spiro atoms. The first-order valence-corrected chi connectivity index (χ1v) is 11.7. The van der Waals surface area contributed by atoms with E-state index in [2.05, 4.69) is 0 Å². The standard InChI is InChI=1S/C18H22ClNO4S2/c1-13(2)18(14-8-6-5-7-9-14)20(3)26(23,24)17-12-15(25(4,21)22)10-11-16(17)19/h5-13,18H,1-4H3. The molecule has 2 aromatic carbocycles.